The highest BCUT2D eigenvalue weighted by atomic mass is 15.1. The van der Waals surface area contributed by atoms with Crippen molar-refractivity contribution in [2.75, 3.05) is 19.0 Å². The van der Waals surface area contributed by atoms with Gasteiger partial charge in [-0.05, 0) is 42.9 Å². The third-order valence-corrected chi connectivity index (χ3v) is 3.56. The van der Waals surface area contributed by atoms with Crippen LogP contribution in [0.1, 0.15) is 31.7 Å². The molecule has 0 aromatic heterocycles. The predicted molar refractivity (Wildman–Crippen MR) is 71.0 cm³/mol. The molecule has 86 valence electrons. The molecular formula is C15H21N. The zero-order valence-electron chi connectivity index (χ0n) is 10.7. The van der Waals surface area contributed by atoms with Gasteiger partial charge in [0, 0.05) is 19.8 Å². The number of hydrogen-bond donors (Lipinski definition) is 0. The van der Waals surface area contributed by atoms with Crippen LogP contribution >= 0.6 is 0 Å². The Bertz CT molecular complexity index is 386. The predicted octanol–water partition coefficient (Wildman–Crippen LogP) is 3.82. The van der Waals surface area contributed by atoms with Crippen molar-refractivity contribution in [1.29, 1.82) is 0 Å². The van der Waals surface area contributed by atoms with Crippen molar-refractivity contribution in [1.82, 2.24) is 0 Å². The summed E-state index contributed by atoms with van der Waals surface area (Å²) in [5.74, 6) is 1.38. The standard InChI is InChI=1S/C15H21N/c1-11-9-12(2)15(10-11)13-5-7-14(8-6-13)16(3)4/h5-9,12,15H,10H2,1-4H3/t12-,15-/m0/s1. The van der Waals surface area contributed by atoms with Gasteiger partial charge in [0.1, 0.15) is 0 Å². The molecular weight excluding hydrogens is 194 g/mol. The zero-order valence-corrected chi connectivity index (χ0v) is 10.7. The van der Waals surface area contributed by atoms with Crippen LogP contribution in [-0.2, 0) is 0 Å². The minimum atomic E-state index is 0.685. The molecule has 0 N–H and O–H groups in total. The first-order valence-electron chi connectivity index (χ1n) is 6.02. The summed E-state index contributed by atoms with van der Waals surface area (Å²) >= 11 is 0. The van der Waals surface area contributed by atoms with Crippen molar-refractivity contribution < 1.29 is 0 Å². The SMILES string of the molecule is CC1=C[C@H](C)[C@@H](c2ccc(N(C)C)cc2)C1. The van der Waals surface area contributed by atoms with Crippen LogP contribution in [0.3, 0.4) is 0 Å². The lowest BCUT2D eigenvalue weighted by atomic mass is 9.89. The molecule has 0 unspecified atom stereocenters. The van der Waals surface area contributed by atoms with Crippen LogP contribution in [0.15, 0.2) is 35.9 Å². The molecule has 0 spiro atoms. The van der Waals surface area contributed by atoms with Crippen molar-refractivity contribution in [3.8, 4) is 0 Å². The van der Waals surface area contributed by atoms with E-state index in [-0.39, 0.29) is 0 Å². The van der Waals surface area contributed by atoms with Crippen LogP contribution in [0.4, 0.5) is 5.69 Å². The summed E-state index contributed by atoms with van der Waals surface area (Å²) in [5.41, 5.74) is 4.29. The second-order valence-corrected chi connectivity index (χ2v) is 5.17. The van der Waals surface area contributed by atoms with Crippen molar-refractivity contribution in [3.63, 3.8) is 0 Å². The van der Waals surface area contributed by atoms with Crippen LogP contribution in [0.5, 0.6) is 0 Å². The Morgan fingerprint density at radius 2 is 1.75 bits per heavy atom. The second kappa shape index (κ2) is 4.32. The summed E-state index contributed by atoms with van der Waals surface area (Å²) in [5, 5.41) is 0. The van der Waals surface area contributed by atoms with Gasteiger partial charge in [0.2, 0.25) is 0 Å². The highest BCUT2D eigenvalue weighted by Crippen LogP contribution is 2.38. The first kappa shape index (κ1) is 11.3. The van der Waals surface area contributed by atoms with Gasteiger partial charge in [-0.1, -0.05) is 30.7 Å². The molecule has 1 heteroatoms. The van der Waals surface area contributed by atoms with E-state index in [2.05, 4.69) is 63.2 Å². The molecule has 1 aromatic rings. The Morgan fingerprint density at radius 3 is 2.19 bits per heavy atom. The largest absolute Gasteiger partial charge is 0.378 e. The van der Waals surface area contributed by atoms with Crippen molar-refractivity contribution in [2.45, 2.75) is 26.2 Å². The van der Waals surface area contributed by atoms with Crippen molar-refractivity contribution in [3.05, 3.63) is 41.5 Å². The summed E-state index contributed by atoms with van der Waals surface area (Å²) in [6.07, 6.45) is 3.63. The lowest BCUT2D eigenvalue weighted by Gasteiger charge is -2.18. The lowest BCUT2D eigenvalue weighted by Crippen LogP contribution is -2.09. The molecule has 0 fully saturated rings. The molecule has 16 heavy (non-hydrogen) atoms. The van der Waals surface area contributed by atoms with Crippen LogP contribution < -0.4 is 4.90 Å². The molecule has 1 aliphatic carbocycles. The molecule has 1 nitrogen and oxygen atoms in total. The van der Waals surface area contributed by atoms with Crippen molar-refractivity contribution in [2.24, 2.45) is 5.92 Å². The zero-order chi connectivity index (χ0) is 11.7. The topological polar surface area (TPSA) is 3.24 Å². The van der Waals surface area contributed by atoms with E-state index >= 15 is 0 Å². The van der Waals surface area contributed by atoms with Gasteiger partial charge in [0.25, 0.3) is 0 Å². The van der Waals surface area contributed by atoms with Crippen molar-refractivity contribution >= 4 is 5.69 Å². The summed E-state index contributed by atoms with van der Waals surface area (Å²) in [6, 6.07) is 9.00. The molecule has 0 saturated carbocycles. The average molecular weight is 215 g/mol. The van der Waals surface area contributed by atoms with E-state index in [0.717, 1.165) is 0 Å². The first-order valence-corrected chi connectivity index (χ1v) is 6.02. The average Bonchev–Trinajstić information content (AvgIpc) is 2.58. The van der Waals surface area contributed by atoms with E-state index in [1.807, 2.05) is 0 Å². The number of allylic oxidation sites excluding steroid dienone is 2. The van der Waals surface area contributed by atoms with E-state index in [1.165, 1.54) is 23.2 Å². The van der Waals surface area contributed by atoms with Gasteiger partial charge in [0.05, 0.1) is 0 Å². The van der Waals surface area contributed by atoms with E-state index in [9.17, 15) is 0 Å². The number of nitrogens with zero attached hydrogens (tertiary/aromatic N) is 1. The Morgan fingerprint density at radius 1 is 1.12 bits per heavy atom. The third kappa shape index (κ3) is 2.13. The van der Waals surface area contributed by atoms with Gasteiger partial charge in [-0.2, -0.15) is 0 Å². The number of anilines is 1. The Kier molecular flexibility index (Phi) is 3.04. The molecule has 2 rings (SSSR count). The summed E-state index contributed by atoms with van der Waals surface area (Å²) < 4.78 is 0. The summed E-state index contributed by atoms with van der Waals surface area (Å²) in [7, 11) is 4.16. The van der Waals surface area contributed by atoms with Gasteiger partial charge in [-0.3, -0.25) is 0 Å². The van der Waals surface area contributed by atoms with Gasteiger partial charge in [0.15, 0.2) is 0 Å². The number of rotatable bonds is 2. The van der Waals surface area contributed by atoms with E-state index in [0.29, 0.717) is 11.8 Å². The highest BCUT2D eigenvalue weighted by Gasteiger charge is 2.23. The molecule has 0 amide bonds. The maximum absolute atomic E-state index is 2.41. The van der Waals surface area contributed by atoms with Crippen LogP contribution in [0.2, 0.25) is 0 Å². The Hall–Kier alpha value is -1.24. The van der Waals surface area contributed by atoms with E-state index in [4.69, 9.17) is 0 Å². The minimum absolute atomic E-state index is 0.685. The third-order valence-electron chi connectivity index (χ3n) is 3.56. The smallest absolute Gasteiger partial charge is 0.0361 e. The molecule has 2 atom stereocenters. The van der Waals surface area contributed by atoms with Gasteiger partial charge in [-0.15, -0.1) is 0 Å². The molecule has 0 heterocycles. The first-order chi connectivity index (χ1) is 7.58. The van der Waals surface area contributed by atoms with Crippen LogP contribution in [0, 0.1) is 5.92 Å². The Balaban J connectivity index is 2.17. The van der Waals surface area contributed by atoms with Gasteiger partial charge >= 0.3 is 0 Å². The maximum atomic E-state index is 2.41. The normalized spacial score (nSPS) is 24.4. The summed E-state index contributed by atoms with van der Waals surface area (Å²) in [4.78, 5) is 2.14. The fourth-order valence-electron chi connectivity index (χ4n) is 2.61. The minimum Gasteiger partial charge on any atom is -0.378 e. The van der Waals surface area contributed by atoms with E-state index in [1.54, 1.807) is 0 Å². The quantitative estimate of drug-likeness (QED) is 0.678. The monoisotopic (exact) mass is 215 g/mol. The fourth-order valence-corrected chi connectivity index (χ4v) is 2.61. The number of benzene rings is 1. The molecule has 1 aromatic carbocycles. The van der Waals surface area contributed by atoms with Gasteiger partial charge in [-0.25, -0.2) is 0 Å². The van der Waals surface area contributed by atoms with Crippen LogP contribution in [-0.4, -0.2) is 14.1 Å². The summed E-state index contributed by atoms with van der Waals surface area (Å²) in [6.45, 7) is 4.56. The molecule has 1 aliphatic rings. The second-order valence-electron chi connectivity index (χ2n) is 5.17. The lowest BCUT2D eigenvalue weighted by molar-refractivity contribution is 0.584. The molecule has 0 bridgehead atoms. The molecule has 0 radical (unpaired) electrons. The molecule has 0 saturated heterocycles. The fraction of sp³-hybridized carbons (Fsp3) is 0.467. The van der Waals surface area contributed by atoms with Gasteiger partial charge < -0.3 is 4.90 Å². The Labute approximate surface area is 98.8 Å². The molecule has 0 aliphatic heterocycles. The van der Waals surface area contributed by atoms with Crippen LogP contribution in [0.25, 0.3) is 0 Å². The number of hydrogen-bond acceptors (Lipinski definition) is 1. The van der Waals surface area contributed by atoms with E-state index < -0.39 is 0 Å². The maximum Gasteiger partial charge on any atom is 0.0361 e. The highest BCUT2D eigenvalue weighted by molar-refractivity contribution is 5.47.